The van der Waals surface area contributed by atoms with E-state index in [2.05, 4.69) is 49.2 Å². The van der Waals surface area contributed by atoms with Crippen LogP contribution in [0.3, 0.4) is 0 Å². The average Bonchev–Trinajstić information content (AvgIpc) is 3.17. The van der Waals surface area contributed by atoms with Gasteiger partial charge in [-0.3, -0.25) is 0 Å². The van der Waals surface area contributed by atoms with Gasteiger partial charge in [-0.25, -0.2) is 4.98 Å². The summed E-state index contributed by atoms with van der Waals surface area (Å²) in [5, 5.41) is 3.33. The van der Waals surface area contributed by atoms with Crippen LogP contribution in [0.5, 0.6) is 0 Å². The molecule has 1 fully saturated rings. The number of nitrogens with zero attached hydrogens (tertiary/aromatic N) is 2. The van der Waals surface area contributed by atoms with Crippen molar-refractivity contribution in [3.8, 4) is 0 Å². The first kappa shape index (κ1) is 13.3. The molecule has 1 aliphatic rings. The van der Waals surface area contributed by atoms with Crippen LogP contribution in [0.15, 0.2) is 18.2 Å². The van der Waals surface area contributed by atoms with Crippen LogP contribution in [0.25, 0.3) is 0 Å². The largest absolute Gasteiger partial charge is 0.354 e. The minimum absolute atomic E-state index is 0.521. The number of anilines is 1. The van der Waals surface area contributed by atoms with E-state index >= 15 is 0 Å². The van der Waals surface area contributed by atoms with Gasteiger partial charge < -0.3 is 10.2 Å². The number of nitrogens with one attached hydrogen (secondary N) is 1. The smallest absolute Gasteiger partial charge is 0.129 e. The Kier molecular flexibility index (Phi) is 4.59. The van der Waals surface area contributed by atoms with E-state index in [1.807, 2.05) is 0 Å². The quantitative estimate of drug-likeness (QED) is 0.803. The SMILES string of the molecule is CCNCc1cccc(N(CC2CC2)C(C)C)n1. The van der Waals surface area contributed by atoms with Gasteiger partial charge in [0.25, 0.3) is 0 Å². The molecule has 1 aliphatic carbocycles. The lowest BCUT2D eigenvalue weighted by Gasteiger charge is -2.28. The molecular weight excluding hydrogens is 222 g/mol. The fourth-order valence-electron chi connectivity index (χ4n) is 2.13. The third kappa shape index (κ3) is 3.70. The Morgan fingerprint density at radius 3 is 2.78 bits per heavy atom. The lowest BCUT2D eigenvalue weighted by molar-refractivity contribution is 0.632. The summed E-state index contributed by atoms with van der Waals surface area (Å²) in [7, 11) is 0. The van der Waals surface area contributed by atoms with Crippen LogP contribution >= 0.6 is 0 Å². The summed E-state index contributed by atoms with van der Waals surface area (Å²) in [5.74, 6) is 2.03. The summed E-state index contributed by atoms with van der Waals surface area (Å²) in [6.07, 6.45) is 2.78. The molecule has 1 aromatic rings. The standard InChI is InChI=1S/C15H25N3/c1-4-16-10-14-6-5-7-15(17-14)18(12(2)3)11-13-8-9-13/h5-7,12-13,16H,4,8-11H2,1-3H3. The van der Waals surface area contributed by atoms with Gasteiger partial charge in [0.2, 0.25) is 0 Å². The second kappa shape index (κ2) is 6.19. The van der Waals surface area contributed by atoms with Crippen molar-refractivity contribution in [2.24, 2.45) is 5.92 Å². The van der Waals surface area contributed by atoms with Crippen molar-refractivity contribution >= 4 is 5.82 Å². The lowest BCUT2D eigenvalue weighted by Crippen LogP contribution is -2.33. The Labute approximate surface area is 111 Å². The molecule has 0 atom stereocenters. The first-order valence-corrected chi connectivity index (χ1v) is 7.14. The average molecular weight is 247 g/mol. The van der Waals surface area contributed by atoms with E-state index in [1.54, 1.807) is 0 Å². The maximum Gasteiger partial charge on any atom is 0.129 e. The predicted octanol–water partition coefficient (Wildman–Crippen LogP) is 2.82. The van der Waals surface area contributed by atoms with Gasteiger partial charge in [0.05, 0.1) is 5.69 Å². The summed E-state index contributed by atoms with van der Waals surface area (Å²) in [4.78, 5) is 7.21. The van der Waals surface area contributed by atoms with Crippen molar-refractivity contribution in [1.29, 1.82) is 0 Å². The minimum atomic E-state index is 0.521. The summed E-state index contributed by atoms with van der Waals surface area (Å²) >= 11 is 0. The number of hydrogen-bond donors (Lipinski definition) is 1. The predicted molar refractivity (Wildman–Crippen MR) is 76.8 cm³/mol. The van der Waals surface area contributed by atoms with Crippen LogP contribution < -0.4 is 10.2 Å². The Hall–Kier alpha value is -1.09. The van der Waals surface area contributed by atoms with E-state index in [0.29, 0.717) is 6.04 Å². The molecule has 1 heterocycles. The van der Waals surface area contributed by atoms with E-state index in [9.17, 15) is 0 Å². The van der Waals surface area contributed by atoms with Crippen LogP contribution in [0.2, 0.25) is 0 Å². The van der Waals surface area contributed by atoms with Crippen molar-refractivity contribution in [2.45, 2.75) is 46.2 Å². The first-order valence-electron chi connectivity index (χ1n) is 7.14. The molecule has 0 amide bonds. The zero-order valence-corrected chi connectivity index (χ0v) is 11.8. The number of pyridine rings is 1. The zero-order chi connectivity index (χ0) is 13.0. The minimum Gasteiger partial charge on any atom is -0.354 e. The van der Waals surface area contributed by atoms with Crippen molar-refractivity contribution in [2.75, 3.05) is 18.0 Å². The second-order valence-corrected chi connectivity index (χ2v) is 5.46. The summed E-state index contributed by atoms with van der Waals surface area (Å²) in [5.41, 5.74) is 1.13. The molecule has 18 heavy (non-hydrogen) atoms. The first-order chi connectivity index (χ1) is 8.70. The summed E-state index contributed by atoms with van der Waals surface area (Å²) in [6.45, 7) is 9.64. The van der Waals surface area contributed by atoms with E-state index in [4.69, 9.17) is 4.98 Å². The van der Waals surface area contributed by atoms with Gasteiger partial charge in [-0.05, 0) is 51.3 Å². The highest BCUT2D eigenvalue weighted by Crippen LogP contribution is 2.31. The van der Waals surface area contributed by atoms with Gasteiger partial charge in [0.15, 0.2) is 0 Å². The summed E-state index contributed by atoms with van der Waals surface area (Å²) in [6, 6.07) is 6.88. The molecule has 0 aromatic carbocycles. The fraction of sp³-hybridized carbons (Fsp3) is 0.667. The third-order valence-electron chi connectivity index (χ3n) is 3.42. The number of hydrogen-bond acceptors (Lipinski definition) is 3. The molecule has 0 spiro atoms. The molecule has 100 valence electrons. The molecule has 0 radical (unpaired) electrons. The fourth-order valence-corrected chi connectivity index (χ4v) is 2.13. The molecular formula is C15H25N3. The highest BCUT2D eigenvalue weighted by molar-refractivity contribution is 5.40. The van der Waals surface area contributed by atoms with E-state index < -0.39 is 0 Å². The molecule has 2 rings (SSSR count). The molecule has 3 heteroatoms. The number of rotatable bonds is 7. The van der Waals surface area contributed by atoms with Crippen molar-refractivity contribution in [3.05, 3.63) is 23.9 Å². The Morgan fingerprint density at radius 1 is 1.39 bits per heavy atom. The monoisotopic (exact) mass is 247 g/mol. The van der Waals surface area contributed by atoms with Gasteiger partial charge in [0.1, 0.15) is 5.82 Å². The Bertz CT molecular complexity index is 372. The van der Waals surface area contributed by atoms with Crippen LogP contribution in [-0.2, 0) is 6.54 Å². The molecule has 1 N–H and O–H groups in total. The van der Waals surface area contributed by atoms with Crippen molar-refractivity contribution in [1.82, 2.24) is 10.3 Å². The molecule has 1 saturated carbocycles. The van der Waals surface area contributed by atoms with E-state index in [0.717, 1.165) is 37.1 Å². The van der Waals surface area contributed by atoms with Gasteiger partial charge in [-0.2, -0.15) is 0 Å². The highest BCUT2D eigenvalue weighted by Gasteiger charge is 2.26. The third-order valence-corrected chi connectivity index (χ3v) is 3.42. The van der Waals surface area contributed by atoms with E-state index in [1.165, 1.54) is 12.8 Å². The molecule has 0 unspecified atom stereocenters. The van der Waals surface area contributed by atoms with Gasteiger partial charge in [-0.1, -0.05) is 13.0 Å². The van der Waals surface area contributed by atoms with Gasteiger partial charge in [-0.15, -0.1) is 0 Å². The maximum atomic E-state index is 4.78. The van der Waals surface area contributed by atoms with Crippen LogP contribution in [0.4, 0.5) is 5.82 Å². The Morgan fingerprint density at radius 2 is 2.17 bits per heavy atom. The van der Waals surface area contributed by atoms with Gasteiger partial charge in [0, 0.05) is 19.1 Å². The normalized spacial score (nSPS) is 15.1. The maximum absolute atomic E-state index is 4.78. The molecule has 3 nitrogen and oxygen atoms in total. The van der Waals surface area contributed by atoms with Crippen molar-refractivity contribution < 1.29 is 0 Å². The number of aromatic nitrogens is 1. The van der Waals surface area contributed by atoms with Crippen molar-refractivity contribution in [3.63, 3.8) is 0 Å². The summed E-state index contributed by atoms with van der Waals surface area (Å²) < 4.78 is 0. The molecule has 0 saturated heterocycles. The molecule has 0 bridgehead atoms. The van der Waals surface area contributed by atoms with E-state index in [-0.39, 0.29) is 0 Å². The van der Waals surface area contributed by atoms with Crippen LogP contribution in [-0.4, -0.2) is 24.1 Å². The lowest BCUT2D eigenvalue weighted by atomic mass is 10.2. The molecule has 1 aromatic heterocycles. The highest BCUT2D eigenvalue weighted by atomic mass is 15.2. The van der Waals surface area contributed by atoms with Crippen LogP contribution in [0, 0.1) is 5.92 Å². The topological polar surface area (TPSA) is 28.2 Å². The zero-order valence-electron chi connectivity index (χ0n) is 11.8. The Balaban J connectivity index is 2.07. The van der Waals surface area contributed by atoms with Crippen LogP contribution in [0.1, 0.15) is 39.3 Å². The second-order valence-electron chi connectivity index (χ2n) is 5.46. The molecule has 0 aliphatic heterocycles. The van der Waals surface area contributed by atoms with Gasteiger partial charge >= 0.3 is 0 Å².